The van der Waals surface area contributed by atoms with Gasteiger partial charge in [-0.3, -0.25) is 9.78 Å². The van der Waals surface area contributed by atoms with Gasteiger partial charge in [0.15, 0.2) is 0 Å². The van der Waals surface area contributed by atoms with Gasteiger partial charge in [-0.05, 0) is 37.1 Å². The van der Waals surface area contributed by atoms with Crippen molar-refractivity contribution < 1.29 is 13.9 Å². The number of nitrogens with two attached hydrogens (primary N) is 1. The van der Waals surface area contributed by atoms with Gasteiger partial charge < -0.3 is 20.2 Å². The standard InChI is InChI=1S/C17H21N3O3/c18-16(21)17(5-8-22-9-6-17)12-20-11-14-3-4-15(23-14)13-2-1-7-19-10-13/h1-4,7,10,20H,5-6,8-9,11-12H2,(H2,18,21). The van der Waals surface area contributed by atoms with Gasteiger partial charge in [-0.25, -0.2) is 0 Å². The predicted octanol–water partition coefficient (Wildman–Crippen LogP) is 1.71. The molecule has 3 heterocycles. The number of aromatic nitrogens is 1. The zero-order valence-corrected chi connectivity index (χ0v) is 13.0. The van der Waals surface area contributed by atoms with Crippen molar-refractivity contribution in [3.63, 3.8) is 0 Å². The number of nitrogens with one attached hydrogen (secondary N) is 1. The largest absolute Gasteiger partial charge is 0.460 e. The predicted molar refractivity (Wildman–Crippen MR) is 85.3 cm³/mol. The van der Waals surface area contributed by atoms with Crippen LogP contribution in [0.25, 0.3) is 11.3 Å². The molecule has 3 rings (SSSR count). The molecule has 0 atom stereocenters. The second-order valence-corrected chi connectivity index (χ2v) is 5.87. The molecule has 23 heavy (non-hydrogen) atoms. The molecule has 122 valence electrons. The number of primary amides is 1. The highest BCUT2D eigenvalue weighted by molar-refractivity contribution is 5.81. The number of carbonyl (C=O) groups excluding carboxylic acids is 1. The van der Waals surface area contributed by atoms with Gasteiger partial charge in [0, 0.05) is 37.7 Å². The molecule has 2 aromatic heterocycles. The Kier molecular flexibility index (Phi) is 4.73. The van der Waals surface area contributed by atoms with E-state index in [9.17, 15) is 4.79 Å². The maximum absolute atomic E-state index is 11.8. The second kappa shape index (κ2) is 6.93. The van der Waals surface area contributed by atoms with Crippen molar-refractivity contribution in [3.8, 4) is 11.3 Å². The summed E-state index contributed by atoms with van der Waals surface area (Å²) in [6.45, 7) is 2.25. The Labute approximate surface area is 135 Å². The lowest BCUT2D eigenvalue weighted by Crippen LogP contribution is -2.48. The summed E-state index contributed by atoms with van der Waals surface area (Å²) < 4.78 is 11.1. The molecule has 0 aliphatic carbocycles. The van der Waals surface area contributed by atoms with Gasteiger partial charge in [0.25, 0.3) is 0 Å². The van der Waals surface area contributed by atoms with Crippen molar-refractivity contribution in [1.82, 2.24) is 10.3 Å². The fourth-order valence-corrected chi connectivity index (χ4v) is 2.83. The first-order valence-corrected chi connectivity index (χ1v) is 7.77. The zero-order valence-electron chi connectivity index (χ0n) is 13.0. The number of rotatable bonds is 6. The monoisotopic (exact) mass is 315 g/mol. The van der Waals surface area contributed by atoms with E-state index >= 15 is 0 Å². The molecule has 1 aliphatic heterocycles. The molecule has 1 fully saturated rings. The first-order valence-electron chi connectivity index (χ1n) is 7.77. The van der Waals surface area contributed by atoms with Gasteiger partial charge in [0.1, 0.15) is 11.5 Å². The van der Waals surface area contributed by atoms with Crippen LogP contribution in [0, 0.1) is 5.41 Å². The van der Waals surface area contributed by atoms with Crippen LogP contribution in [0.5, 0.6) is 0 Å². The van der Waals surface area contributed by atoms with Gasteiger partial charge in [-0.15, -0.1) is 0 Å². The van der Waals surface area contributed by atoms with Crippen LogP contribution in [0.3, 0.4) is 0 Å². The molecule has 6 heteroatoms. The number of carbonyl (C=O) groups is 1. The highest BCUT2D eigenvalue weighted by atomic mass is 16.5. The van der Waals surface area contributed by atoms with Gasteiger partial charge >= 0.3 is 0 Å². The molecule has 1 aliphatic rings. The summed E-state index contributed by atoms with van der Waals surface area (Å²) in [6, 6.07) is 7.67. The third-order valence-electron chi connectivity index (χ3n) is 4.34. The first kappa shape index (κ1) is 15.7. The van der Waals surface area contributed by atoms with Crippen molar-refractivity contribution in [3.05, 3.63) is 42.4 Å². The van der Waals surface area contributed by atoms with Crippen LogP contribution in [-0.4, -0.2) is 30.6 Å². The Morgan fingerprint density at radius 1 is 1.30 bits per heavy atom. The zero-order chi connectivity index (χ0) is 16.1. The lowest BCUT2D eigenvalue weighted by molar-refractivity contribution is -0.132. The van der Waals surface area contributed by atoms with Crippen molar-refractivity contribution in [2.24, 2.45) is 11.1 Å². The maximum atomic E-state index is 11.8. The van der Waals surface area contributed by atoms with Gasteiger partial charge in [0.2, 0.25) is 5.91 Å². The van der Waals surface area contributed by atoms with E-state index in [-0.39, 0.29) is 5.91 Å². The van der Waals surface area contributed by atoms with E-state index in [0.29, 0.717) is 39.1 Å². The third-order valence-corrected chi connectivity index (χ3v) is 4.34. The molecule has 2 aromatic rings. The number of hydrogen-bond acceptors (Lipinski definition) is 5. The molecule has 3 N–H and O–H groups in total. The van der Waals surface area contributed by atoms with Gasteiger partial charge in [0.05, 0.1) is 12.0 Å². The average Bonchev–Trinajstić information content (AvgIpc) is 3.05. The van der Waals surface area contributed by atoms with E-state index in [1.54, 1.807) is 12.4 Å². The fraction of sp³-hybridized carbons (Fsp3) is 0.412. The molecule has 1 amide bonds. The Morgan fingerprint density at radius 3 is 2.83 bits per heavy atom. The number of ether oxygens (including phenoxy) is 1. The Balaban J connectivity index is 1.58. The van der Waals surface area contributed by atoms with E-state index < -0.39 is 5.41 Å². The van der Waals surface area contributed by atoms with Crippen LogP contribution in [0.4, 0.5) is 0 Å². The lowest BCUT2D eigenvalue weighted by Gasteiger charge is -2.34. The molecule has 0 saturated carbocycles. The number of hydrogen-bond donors (Lipinski definition) is 2. The molecule has 6 nitrogen and oxygen atoms in total. The summed E-state index contributed by atoms with van der Waals surface area (Å²) >= 11 is 0. The SMILES string of the molecule is NC(=O)C1(CNCc2ccc(-c3cccnc3)o2)CCOCC1. The van der Waals surface area contributed by atoms with Crippen molar-refractivity contribution in [2.75, 3.05) is 19.8 Å². The smallest absolute Gasteiger partial charge is 0.225 e. The first-order chi connectivity index (χ1) is 11.2. The fourth-order valence-electron chi connectivity index (χ4n) is 2.83. The van der Waals surface area contributed by atoms with Crippen LogP contribution in [0.15, 0.2) is 41.1 Å². The quantitative estimate of drug-likeness (QED) is 0.847. The summed E-state index contributed by atoms with van der Waals surface area (Å²) in [7, 11) is 0. The molecule has 0 unspecified atom stereocenters. The van der Waals surface area contributed by atoms with Crippen LogP contribution in [0.2, 0.25) is 0 Å². The van der Waals surface area contributed by atoms with E-state index in [1.165, 1.54) is 0 Å². The third kappa shape index (κ3) is 3.60. The van der Waals surface area contributed by atoms with Gasteiger partial charge in [-0.2, -0.15) is 0 Å². The molecular weight excluding hydrogens is 294 g/mol. The van der Waals surface area contributed by atoms with Gasteiger partial charge in [-0.1, -0.05) is 0 Å². The van der Waals surface area contributed by atoms with Crippen LogP contribution < -0.4 is 11.1 Å². The number of pyridine rings is 1. The summed E-state index contributed by atoms with van der Waals surface area (Å²) in [5, 5.41) is 3.29. The minimum absolute atomic E-state index is 0.260. The Bertz CT molecular complexity index is 648. The lowest BCUT2D eigenvalue weighted by atomic mass is 9.79. The normalized spacial score (nSPS) is 17.0. The van der Waals surface area contributed by atoms with E-state index in [1.807, 2.05) is 24.3 Å². The summed E-state index contributed by atoms with van der Waals surface area (Å²) in [5.41, 5.74) is 6.02. The molecule has 0 bridgehead atoms. The summed E-state index contributed by atoms with van der Waals surface area (Å²) in [6.07, 6.45) is 4.81. The number of nitrogens with zero attached hydrogens (tertiary/aromatic N) is 1. The topological polar surface area (TPSA) is 90.4 Å². The Morgan fingerprint density at radius 2 is 2.13 bits per heavy atom. The minimum atomic E-state index is -0.517. The van der Waals surface area contributed by atoms with Crippen LogP contribution in [-0.2, 0) is 16.1 Å². The van der Waals surface area contributed by atoms with Crippen molar-refractivity contribution in [1.29, 1.82) is 0 Å². The molecular formula is C17H21N3O3. The van der Waals surface area contributed by atoms with Crippen molar-refractivity contribution in [2.45, 2.75) is 19.4 Å². The van der Waals surface area contributed by atoms with Crippen molar-refractivity contribution >= 4 is 5.91 Å². The average molecular weight is 315 g/mol. The van der Waals surface area contributed by atoms with E-state index in [2.05, 4.69) is 10.3 Å². The number of amides is 1. The maximum Gasteiger partial charge on any atom is 0.225 e. The second-order valence-electron chi connectivity index (χ2n) is 5.87. The molecule has 0 spiro atoms. The summed E-state index contributed by atoms with van der Waals surface area (Å²) in [4.78, 5) is 15.9. The Hall–Kier alpha value is -2.18. The van der Waals surface area contributed by atoms with Crippen LogP contribution in [0.1, 0.15) is 18.6 Å². The van der Waals surface area contributed by atoms with E-state index in [0.717, 1.165) is 17.1 Å². The molecule has 0 radical (unpaired) electrons. The molecule has 0 aromatic carbocycles. The van der Waals surface area contributed by atoms with Crippen LogP contribution >= 0.6 is 0 Å². The molecule has 1 saturated heterocycles. The number of furan rings is 1. The highest BCUT2D eigenvalue weighted by Gasteiger charge is 2.37. The highest BCUT2D eigenvalue weighted by Crippen LogP contribution is 2.29. The minimum Gasteiger partial charge on any atom is -0.460 e. The summed E-state index contributed by atoms with van der Waals surface area (Å²) in [5.74, 6) is 1.34. The van der Waals surface area contributed by atoms with E-state index in [4.69, 9.17) is 14.9 Å².